The van der Waals surface area contributed by atoms with Crippen LogP contribution in [0.1, 0.15) is 22.3 Å². The zero-order chi connectivity index (χ0) is 49.0. The first-order valence-electron chi connectivity index (χ1n) is 25.7. The molecule has 1 aliphatic rings. The van der Waals surface area contributed by atoms with E-state index in [0.29, 0.717) is 0 Å². The Hall–Kier alpha value is -9.56. The molecule has 14 rings (SSSR count). The van der Waals surface area contributed by atoms with E-state index in [-0.39, 0.29) is 0 Å². The Morgan fingerprint density at radius 2 is 0.743 bits per heavy atom. The zero-order valence-electron chi connectivity index (χ0n) is 40.7. The summed E-state index contributed by atoms with van der Waals surface area (Å²) in [4.78, 5) is 2.48. The van der Waals surface area contributed by atoms with Gasteiger partial charge in [0.2, 0.25) is 0 Å². The van der Waals surface area contributed by atoms with Gasteiger partial charge in [0.1, 0.15) is 0 Å². The summed E-state index contributed by atoms with van der Waals surface area (Å²) in [6.45, 7) is 0. The SMILES string of the molecule is c1ccc(-c2c(-c3ccccc3)c3cc(-c4ccccc4N(c4ccc(-c5ccc6ccccc6c5)cc4)c4ccc5c(c4)-c4ccccc4C5(c4ccccc4)c4ccccc4)ccc3c3ccccc23)cc1. The van der Waals surface area contributed by atoms with E-state index in [9.17, 15) is 0 Å². The highest BCUT2D eigenvalue weighted by molar-refractivity contribution is 6.22. The number of hydrogen-bond acceptors (Lipinski definition) is 1. The average molecular weight is 940 g/mol. The number of para-hydroxylation sites is 1. The van der Waals surface area contributed by atoms with Crippen molar-refractivity contribution < 1.29 is 0 Å². The van der Waals surface area contributed by atoms with E-state index >= 15 is 0 Å². The van der Waals surface area contributed by atoms with Crippen LogP contribution >= 0.6 is 0 Å². The normalized spacial score (nSPS) is 12.4. The minimum Gasteiger partial charge on any atom is -0.310 e. The van der Waals surface area contributed by atoms with Crippen molar-refractivity contribution in [3.8, 4) is 55.6 Å². The van der Waals surface area contributed by atoms with Gasteiger partial charge < -0.3 is 4.90 Å². The van der Waals surface area contributed by atoms with Crippen LogP contribution in [-0.2, 0) is 5.41 Å². The van der Waals surface area contributed by atoms with Crippen molar-refractivity contribution in [2.24, 2.45) is 0 Å². The summed E-state index contributed by atoms with van der Waals surface area (Å²) < 4.78 is 0. The van der Waals surface area contributed by atoms with Gasteiger partial charge in [0.05, 0.1) is 11.1 Å². The summed E-state index contributed by atoms with van der Waals surface area (Å²) >= 11 is 0. The molecule has 0 atom stereocenters. The molecule has 13 aromatic carbocycles. The molecule has 0 heterocycles. The van der Waals surface area contributed by atoms with Gasteiger partial charge in [-0.05, 0) is 147 Å². The number of rotatable bonds is 9. The molecule has 74 heavy (non-hydrogen) atoms. The third-order valence-electron chi connectivity index (χ3n) is 15.5. The van der Waals surface area contributed by atoms with Gasteiger partial charge in [-0.3, -0.25) is 0 Å². The first-order valence-corrected chi connectivity index (χ1v) is 25.7. The predicted molar refractivity (Wildman–Crippen MR) is 313 cm³/mol. The van der Waals surface area contributed by atoms with Gasteiger partial charge in [-0.15, -0.1) is 0 Å². The number of hydrogen-bond donors (Lipinski definition) is 0. The molecule has 1 aliphatic carbocycles. The van der Waals surface area contributed by atoms with Gasteiger partial charge in [-0.1, -0.05) is 255 Å². The Kier molecular flexibility index (Phi) is 10.5. The maximum Gasteiger partial charge on any atom is 0.0713 e. The van der Waals surface area contributed by atoms with E-state index in [2.05, 4.69) is 302 Å². The maximum atomic E-state index is 2.48. The fourth-order valence-corrected chi connectivity index (χ4v) is 12.3. The largest absolute Gasteiger partial charge is 0.310 e. The molecule has 0 unspecified atom stereocenters. The molecular weight excluding hydrogens is 891 g/mol. The fraction of sp³-hybridized carbons (Fsp3) is 0.0137. The summed E-state index contributed by atoms with van der Waals surface area (Å²) in [7, 11) is 0. The molecule has 346 valence electrons. The smallest absolute Gasteiger partial charge is 0.0713 e. The van der Waals surface area contributed by atoms with Crippen LogP contribution in [0, 0.1) is 0 Å². The van der Waals surface area contributed by atoms with Gasteiger partial charge in [0.25, 0.3) is 0 Å². The molecule has 1 nitrogen and oxygen atoms in total. The first-order chi connectivity index (χ1) is 36.7. The second-order valence-corrected chi connectivity index (χ2v) is 19.5. The van der Waals surface area contributed by atoms with Crippen molar-refractivity contribution in [2.75, 3.05) is 4.90 Å². The quantitative estimate of drug-likeness (QED) is 0.130. The highest BCUT2D eigenvalue weighted by Gasteiger charge is 2.46. The van der Waals surface area contributed by atoms with E-state index < -0.39 is 5.41 Å². The third kappa shape index (κ3) is 7.00. The molecule has 1 heteroatoms. The predicted octanol–water partition coefficient (Wildman–Crippen LogP) is 19.6. The van der Waals surface area contributed by atoms with Crippen molar-refractivity contribution in [2.45, 2.75) is 5.41 Å². The Balaban J connectivity index is 1.00. The molecule has 0 N–H and O–H groups in total. The standard InChI is InChI=1S/C73H49N/c1-5-22-52(23-6-1)71-65-34-16-15-32-62(65)63-45-41-56(48-67(63)72(71)53-24-7-2-8-25-53)61-31-18-20-36-70(61)74(59-42-39-51(40-43-59)55-38-37-50-21-13-14-26-54(50)47-55)60-44-46-69-66(49-60)64-33-17-19-35-68(64)73(69,57-27-9-3-10-28-57)58-29-11-4-12-30-58/h1-49H. The Bertz CT molecular complexity index is 4180. The number of fused-ring (bicyclic) bond motifs is 7. The minimum atomic E-state index is -0.498. The van der Waals surface area contributed by atoms with E-state index in [0.717, 1.165) is 28.2 Å². The van der Waals surface area contributed by atoms with Gasteiger partial charge in [-0.2, -0.15) is 0 Å². The van der Waals surface area contributed by atoms with E-state index in [1.165, 1.54) is 99.1 Å². The van der Waals surface area contributed by atoms with E-state index in [1.54, 1.807) is 0 Å². The van der Waals surface area contributed by atoms with Crippen LogP contribution in [0.15, 0.2) is 297 Å². The molecule has 0 radical (unpaired) electrons. The summed E-state index contributed by atoms with van der Waals surface area (Å²) in [5, 5.41) is 7.43. The molecule has 0 saturated heterocycles. The average Bonchev–Trinajstić information content (AvgIpc) is 3.79. The van der Waals surface area contributed by atoms with Crippen LogP contribution < -0.4 is 4.90 Å². The minimum absolute atomic E-state index is 0.498. The molecule has 0 aromatic heterocycles. The summed E-state index contributed by atoms with van der Waals surface area (Å²) in [5.41, 5.74) is 19.9. The van der Waals surface area contributed by atoms with E-state index in [4.69, 9.17) is 0 Å². The van der Waals surface area contributed by atoms with Crippen molar-refractivity contribution >= 4 is 49.4 Å². The second-order valence-electron chi connectivity index (χ2n) is 19.5. The van der Waals surface area contributed by atoms with Crippen LogP contribution in [0.2, 0.25) is 0 Å². The topological polar surface area (TPSA) is 3.24 Å². The van der Waals surface area contributed by atoms with E-state index in [1.807, 2.05) is 0 Å². The maximum absolute atomic E-state index is 2.48. The fourth-order valence-electron chi connectivity index (χ4n) is 12.3. The molecule has 0 bridgehead atoms. The lowest BCUT2D eigenvalue weighted by Crippen LogP contribution is -2.28. The van der Waals surface area contributed by atoms with Crippen molar-refractivity contribution in [1.29, 1.82) is 0 Å². The summed E-state index contributed by atoms with van der Waals surface area (Å²) in [6.07, 6.45) is 0. The highest BCUT2D eigenvalue weighted by Crippen LogP contribution is 2.57. The van der Waals surface area contributed by atoms with Crippen LogP contribution in [0.5, 0.6) is 0 Å². The van der Waals surface area contributed by atoms with Gasteiger partial charge in [0, 0.05) is 16.9 Å². The lowest BCUT2D eigenvalue weighted by atomic mass is 9.68. The molecule has 0 amide bonds. The number of anilines is 3. The summed E-state index contributed by atoms with van der Waals surface area (Å²) in [6, 6.07) is 110. The Morgan fingerprint density at radius 1 is 0.243 bits per heavy atom. The molecule has 0 spiro atoms. The van der Waals surface area contributed by atoms with Crippen molar-refractivity contribution in [3.63, 3.8) is 0 Å². The van der Waals surface area contributed by atoms with Crippen molar-refractivity contribution in [3.05, 3.63) is 320 Å². The molecule has 13 aromatic rings. The highest BCUT2D eigenvalue weighted by atomic mass is 15.1. The van der Waals surface area contributed by atoms with Crippen LogP contribution in [0.4, 0.5) is 17.1 Å². The Morgan fingerprint density at radius 3 is 1.45 bits per heavy atom. The number of nitrogens with zero attached hydrogens (tertiary/aromatic N) is 1. The zero-order valence-corrected chi connectivity index (χ0v) is 40.7. The van der Waals surface area contributed by atoms with Crippen molar-refractivity contribution in [1.82, 2.24) is 0 Å². The first kappa shape index (κ1) is 43.2. The monoisotopic (exact) mass is 939 g/mol. The molecular formula is C73H49N. The summed E-state index contributed by atoms with van der Waals surface area (Å²) in [5.74, 6) is 0. The van der Waals surface area contributed by atoms with Crippen LogP contribution in [-0.4, -0.2) is 0 Å². The Labute approximate surface area is 432 Å². The van der Waals surface area contributed by atoms with Gasteiger partial charge >= 0.3 is 0 Å². The third-order valence-corrected chi connectivity index (χ3v) is 15.5. The van der Waals surface area contributed by atoms with Crippen LogP contribution in [0.25, 0.3) is 88.0 Å². The van der Waals surface area contributed by atoms with Gasteiger partial charge in [0.15, 0.2) is 0 Å². The second kappa shape index (κ2) is 17.9. The molecule has 0 fully saturated rings. The lowest BCUT2D eigenvalue weighted by molar-refractivity contribution is 0.768. The lowest BCUT2D eigenvalue weighted by Gasteiger charge is -2.34. The molecule has 0 aliphatic heterocycles. The molecule has 0 saturated carbocycles. The number of benzene rings is 13. The van der Waals surface area contributed by atoms with Crippen LogP contribution in [0.3, 0.4) is 0 Å². The van der Waals surface area contributed by atoms with Gasteiger partial charge in [-0.25, -0.2) is 0 Å².